The van der Waals surface area contributed by atoms with Gasteiger partial charge < -0.3 is 5.32 Å². The maximum Gasteiger partial charge on any atom is 0.347 e. The van der Waals surface area contributed by atoms with Gasteiger partial charge in [0.15, 0.2) is 10.5 Å². The molecule has 0 bridgehead atoms. The number of halogens is 2. The van der Waals surface area contributed by atoms with E-state index in [1.807, 2.05) is 19.9 Å². The lowest BCUT2D eigenvalue weighted by molar-refractivity contribution is -0.114. The van der Waals surface area contributed by atoms with Crippen LogP contribution in [0.2, 0.25) is 10.0 Å². The predicted octanol–water partition coefficient (Wildman–Crippen LogP) is 5.08. The van der Waals surface area contributed by atoms with E-state index in [1.165, 1.54) is 22.8 Å². The van der Waals surface area contributed by atoms with Gasteiger partial charge in [-0.25, -0.2) is 9.80 Å². The van der Waals surface area contributed by atoms with Crippen LogP contribution in [0.1, 0.15) is 19.4 Å². The summed E-state index contributed by atoms with van der Waals surface area (Å²) in [6.07, 6.45) is 4.03. The minimum absolute atomic E-state index is 0.287. The average Bonchev–Trinajstić information content (AvgIpc) is 2.90. The zero-order valence-electron chi connectivity index (χ0n) is 15.4. The van der Waals surface area contributed by atoms with Crippen molar-refractivity contribution in [3.8, 4) is 0 Å². The summed E-state index contributed by atoms with van der Waals surface area (Å²) in [5, 5.41) is 20.3. The number of thiocarbonyl (C=S) groups is 1. The fourth-order valence-electron chi connectivity index (χ4n) is 2.67. The lowest BCUT2D eigenvalue weighted by Crippen LogP contribution is -2.54. The van der Waals surface area contributed by atoms with Crippen molar-refractivity contribution < 1.29 is 10.0 Å². The molecule has 1 saturated heterocycles. The van der Waals surface area contributed by atoms with Crippen LogP contribution in [0.5, 0.6) is 0 Å². The minimum Gasteiger partial charge on any atom is -0.306 e. The van der Waals surface area contributed by atoms with Crippen molar-refractivity contribution in [2.24, 2.45) is 5.10 Å². The Morgan fingerprint density at radius 3 is 2.83 bits per heavy atom. The molecule has 0 aliphatic carbocycles. The average molecular weight is 470 g/mol. The number of thioether (sulfide) groups is 1. The Morgan fingerprint density at radius 2 is 2.17 bits per heavy atom. The predicted molar refractivity (Wildman–Crippen MR) is 121 cm³/mol. The second-order valence-electron chi connectivity index (χ2n) is 6.62. The molecule has 0 unspecified atom stereocenters. The van der Waals surface area contributed by atoms with E-state index in [1.54, 1.807) is 36.8 Å². The molecule has 7 nitrogen and oxygen atoms in total. The number of hydroxylamine groups is 2. The van der Waals surface area contributed by atoms with Gasteiger partial charge in [-0.1, -0.05) is 53.2 Å². The molecule has 1 aliphatic rings. The Balaban J connectivity index is 1.81. The van der Waals surface area contributed by atoms with Crippen molar-refractivity contribution in [2.45, 2.75) is 24.8 Å². The van der Waals surface area contributed by atoms with E-state index in [9.17, 15) is 10.0 Å². The molecule has 11 heteroatoms. The zero-order chi connectivity index (χ0) is 21.2. The standard InChI is InChI=1S/C18H17Cl2N5O2S2/c1-18(2)15(24(17(28)29-18)22-10-11-4-3-7-21-9-11)25(27)16(26)23-12-5-6-13(19)14(20)8-12/h3-10,15,27H,1-2H3,(H,23,26)/b22-10-/t15-/m0/s1. The third kappa shape index (κ3) is 4.99. The highest BCUT2D eigenvalue weighted by molar-refractivity contribution is 8.24. The number of rotatable bonds is 4. The molecule has 2 heterocycles. The lowest BCUT2D eigenvalue weighted by Gasteiger charge is -2.34. The van der Waals surface area contributed by atoms with Gasteiger partial charge in [0.2, 0.25) is 0 Å². The Hall–Kier alpha value is -1.91. The van der Waals surface area contributed by atoms with E-state index < -0.39 is 16.9 Å². The van der Waals surface area contributed by atoms with Gasteiger partial charge in [-0.2, -0.15) is 10.2 Å². The van der Waals surface area contributed by atoms with E-state index in [0.29, 0.717) is 20.1 Å². The van der Waals surface area contributed by atoms with Gasteiger partial charge >= 0.3 is 6.03 Å². The topological polar surface area (TPSA) is 81.1 Å². The Morgan fingerprint density at radius 1 is 1.41 bits per heavy atom. The van der Waals surface area contributed by atoms with Gasteiger partial charge in [-0.3, -0.25) is 10.2 Å². The van der Waals surface area contributed by atoms with Crippen LogP contribution < -0.4 is 5.32 Å². The Bertz CT molecular complexity index is 959. The summed E-state index contributed by atoms with van der Waals surface area (Å²) in [6, 6.07) is 7.48. The molecule has 1 atom stereocenters. The number of urea groups is 1. The van der Waals surface area contributed by atoms with Crippen molar-refractivity contribution in [3.05, 3.63) is 58.3 Å². The monoisotopic (exact) mass is 469 g/mol. The summed E-state index contributed by atoms with van der Waals surface area (Å²) in [5.74, 6) is 0. The third-order valence-electron chi connectivity index (χ3n) is 4.02. The van der Waals surface area contributed by atoms with Crippen molar-refractivity contribution >= 4 is 69.4 Å². The number of amides is 2. The Labute approximate surface area is 187 Å². The van der Waals surface area contributed by atoms with Gasteiger partial charge in [0.25, 0.3) is 0 Å². The summed E-state index contributed by atoms with van der Waals surface area (Å²) < 4.78 is -0.186. The second kappa shape index (κ2) is 8.85. The normalized spacial score (nSPS) is 18.3. The fraction of sp³-hybridized carbons (Fsp3) is 0.222. The number of nitrogens with zero attached hydrogens (tertiary/aromatic N) is 4. The van der Waals surface area contributed by atoms with Gasteiger partial charge in [0.05, 0.1) is 21.0 Å². The SMILES string of the molecule is CC1(C)SC(=S)N(/N=C\c2cccnc2)[C@H]1N(O)C(=O)Nc1ccc(Cl)c(Cl)c1. The van der Waals surface area contributed by atoms with Crippen LogP contribution in [0, 0.1) is 0 Å². The molecule has 1 aliphatic heterocycles. The third-order valence-corrected chi connectivity index (χ3v) is 6.29. The zero-order valence-corrected chi connectivity index (χ0v) is 18.6. The highest BCUT2D eigenvalue weighted by Gasteiger charge is 2.50. The number of carbonyl (C=O) groups excluding carboxylic acids is 1. The second-order valence-corrected chi connectivity index (χ2v) is 9.73. The summed E-state index contributed by atoms with van der Waals surface area (Å²) in [6.45, 7) is 3.73. The molecule has 0 saturated carbocycles. The molecule has 29 heavy (non-hydrogen) atoms. The minimum atomic E-state index is -0.837. The number of nitrogens with one attached hydrogen (secondary N) is 1. The number of carbonyl (C=O) groups is 1. The number of aromatic nitrogens is 1. The summed E-state index contributed by atoms with van der Waals surface area (Å²) >= 11 is 18.6. The van der Waals surface area contributed by atoms with Crippen LogP contribution in [-0.2, 0) is 0 Å². The van der Waals surface area contributed by atoms with Crippen LogP contribution >= 0.6 is 47.2 Å². The highest BCUT2D eigenvalue weighted by Crippen LogP contribution is 2.42. The first-order valence-corrected chi connectivity index (χ1v) is 10.4. The molecule has 2 amide bonds. The van der Waals surface area contributed by atoms with Crippen molar-refractivity contribution in [3.63, 3.8) is 0 Å². The van der Waals surface area contributed by atoms with Crippen LogP contribution in [0.15, 0.2) is 47.8 Å². The Kier molecular flexibility index (Phi) is 6.65. The number of hydrogen-bond donors (Lipinski definition) is 2. The molecular formula is C18H17Cl2N5O2S2. The first kappa shape index (κ1) is 21.8. The number of pyridine rings is 1. The number of anilines is 1. The molecule has 3 rings (SSSR count). The van der Waals surface area contributed by atoms with Crippen molar-refractivity contribution in [1.29, 1.82) is 0 Å². The quantitative estimate of drug-likeness (QED) is 0.281. The maximum absolute atomic E-state index is 12.7. The molecule has 0 spiro atoms. The largest absolute Gasteiger partial charge is 0.347 e. The van der Waals surface area contributed by atoms with Gasteiger partial charge in [0.1, 0.15) is 0 Å². The van der Waals surface area contributed by atoms with Gasteiger partial charge in [-0.15, -0.1) is 0 Å². The molecule has 1 fully saturated rings. The maximum atomic E-state index is 12.7. The molecule has 2 aromatic rings. The summed E-state index contributed by atoms with van der Waals surface area (Å²) in [5.41, 5.74) is 1.15. The number of hydrazone groups is 1. The van der Waals surface area contributed by atoms with E-state index in [4.69, 9.17) is 35.4 Å². The fourth-order valence-corrected chi connectivity index (χ4v) is 4.76. The van der Waals surface area contributed by atoms with Crippen LogP contribution in [-0.4, -0.2) is 47.7 Å². The lowest BCUT2D eigenvalue weighted by atomic mass is 10.1. The summed E-state index contributed by atoms with van der Waals surface area (Å²) in [7, 11) is 0. The van der Waals surface area contributed by atoms with Crippen LogP contribution in [0.4, 0.5) is 10.5 Å². The van der Waals surface area contributed by atoms with E-state index in [2.05, 4.69) is 15.4 Å². The number of benzene rings is 1. The first-order valence-electron chi connectivity index (χ1n) is 8.39. The van der Waals surface area contributed by atoms with Crippen LogP contribution in [0.3, 0.4) is 0 Å². The smallest absolute Gasteiger partial charge is 0.306 e. The summed E-state index contributed by atoms with van der Waals surface area (Å²) in [4.78, 5) is 16.7. The highest BCUT2D eigenvalue weighted by atomic mass is 35.5. The van der Waals surface area contributed by atoms with E-state index in [0.717, 1.165) is 5.56 Å². The van der Waals surface area contributed by atoms with Gasteiger partial charge in [0, 0.05) is 23.6 Å². The van der Waals surface area contributed by atoms with Gasteiger partial charge in [-0.05, 0) is 38.1 Å². The molecule has 1 aromatic heterocycles. The molecule has 1 aromatic carbocycles. The number of hydrogen-bond acceptors (Lipinski definition) is 6. The molecular weight excluding hydrogens is 453 g/mol. The van der Waals surface area contributed by atoms with Crippen LogP contribution in [0.25, 0.3) is 0 Å². The first-order chi connectivity index (χ1) is 13.7. The molecule has 0 radical (unpaired) electrons. The van der Waals surface area contributed by atoms with Crippen molar-refractivity contribution in [2.75, 3.05) is 5.32 Å². The molecule has 2 N–H and O–H groups in total. The van der Waals surface area contributed by atoms with Crippen molar-refractivity contribution in [1.82, 2.24) is 15.1 Å². The molecule has 152 valence electrons. The van der Waals surface area contributed by atoms with E-state index >= 15 is 0 Å². The van der Waals surface area contributed by atoms with E-state index in [-0.39, 0.29) is 5.02 Å².